The average Bonchev–Trinajstić information content (AvgIpc) is 3.17. The van der Waals surface area contributed by atoms with Gasteiger partial charge in [-0.05, 0) is 24.3 Å². The van der Waals surface area contributed by atoms with E-state index in [1.807, 2.05) is 24.3 Å². The molecule has 2 aromatic carbocycles. The first-order valence-corrected chi connectivity index (χ1v) is 10.6. The molecule has 0 saturated carbocycles. The summed E-state index contributed by atoms with van der Waals surface area (Å²) in [5.74, 6) is -0.486. The Hall–Kier alpha value is -3.01. The van der Waals surface area contributed by atoms with Gasteiger partial charge in [0.25, 0.3) is 5.91 Å². The number of morpholine rings is 1. The summed E-state index contributed by atoms with van der Waals surface area (Å²) >= 11 is 0. The van der Waals surface area contributed by atoms with Gasteiger partial charge in [0.2, 0.25) is 10.0 Å². The molecule has 1 saturated heterocycles. The molecule has 3 aromatic rings. The fourth-order valence-corrected chi connectivity index (χ4v) is 4.61. The number of nitrogens with one attached hydrogen (secondary N) is 2. The average molecular weight is 412 g/mol. The van der Waals surface area contributed by atoms with Crippen LogP contribution in [0.25, 0.3) is 10.9 Å². The third-order valence-corrected chi connectivity index (χ3v) is 6.59. The number of H-pyrrole nitrogens is 1. The fraction of sp³-hybridized carbons (Fsp3) is 0.200. The smallest absolute Gasteiger partial charge is 0.271 e. The zero-order valence-corrected chi connectivity index (χ0v) is 16.4. The van der Waals surface area contributed by atoms with Crippen LogP contribution in [-0.2, 0) is 14.8 Å². The summed E-state index contributed by atoms with van der Waals surface area (Å²) in [6.07, 6.45) is 3.35. The lowest BCUT2D eigenvalue weighted by molar-refractivity contribution is 0.0730. The molecule has 0 aliphatic carbocycles. The van der Waals surface area contributed by atoms with Crippen molar-refractivity contribution < 1.29 is 17.9 Å². The van der Waals surface area contributed by atoms with Crippen LogP contribution in [0.15, 0.2) is 64.7 Å². The summed E-state index contributed by atoms with van der Waals surface area (Å²) in [7, 11) is -3.67. The number of benzene rings is 2. The van der Waals surface area contributed by atoms with Crippen molar-refractivity contribution in [2.24, 2.45) is 5.10 Å². The Morgan fingerprint density at radius 3 is 2.76 bits per heavy atom. The van der Waals surface area contributed by atoms with Gasteiger partial charge < -0.3 is 9.72 Å². The Kier molecular flexibility index (Phi) is 5.43. The van der Waals surface area contributed by atoms with Crippen molar-refractivity contribution >= 4 is 33.0 Å². The summed E-state index contributed by atoms with van der Waals surface area (Å²) in [5, 5.41) is 4.99. The summed E-state index contributed by atoms with van der Waals surface area (Å²) in [6.45, 7) is 1.32. The van der Waals surface area contributed by atoms with Crippen molar-refractivity contribution in [3.8, 4) is 0 Å². The molecule has 1 amide bonds. The van der Waals surface area contributed by atoms with Gasteiger partial charge in [-0.25, -0.2) is 13.8 Å². The highest BCUT2D eigenvalue weighted by molar-refractivity contribution is 7.89. The van der Waals surface area contributed by atoms with Crippen molar-refractivity contribution in [3.05, 3.63) is 65.9 Å². The molecule has 0 atom stereocenters. The molecule has 1 aromatic heterocycles. The molecule has 2 N–H and O–H groups in total. The summed E-state index contributed by atoms with van der Waals surface area (Å²) in [4.78, 5) is 15.6. The largest absolute Gasteiger partial charge is 0.379 e. The first-order chi connectivity index (χ1) is 14.1. The Bertz CT molecular complexity index is 1160. The Labute approximate surface area is 168 Å². The third kappa shape index (κ3) is 4.07. The number of hydrogen-bond donors (Lipinski definition) is 2. The number of ether oxygens (including phenoxy) is 1. The SMILES string of the molecule is O=C(N/N=C/c1c[nH]c2ccccc12)c1cccc(S(=O)(=O)N2CCOCC2)c1. The standard InChI is InChI=1S/C20H20N4O4S/c25-20(23-22-14-16-13-21-19-7-2-1-6-18(16)19)15-4-3-5-17(12-15)29(26,27)24-8-10-28-11-9-24/h1-7,12-14,21H,8-11H2,(H,23,25)/b22-14+. The number of aromatic amines is 1. The van der Waals surface area contributed by atoms with Crippen LogP contribution in [0.5, 0.6) is 0 Å². The van der Waals surface area contributed by atoms with Crippen molar-refractivity contribution in [1.82, 2.24) is 14.7 Å². The van der Waals surface area contributed by atoms with E-state index in [0.29, 0.717) is 26.3 Å². The summed E-state index contributed by atoms with van der Waals surface area (Å²) < 4.78 is 32.1. The lowest BCUT2D eigenvalue weighted by Crippen LogP contribution is -2.40. The highest BCUT2D eigenvalue weighted by Crippen LogP contribution is 2.19. The van der Waals surface area contributed by atoms with Gasteiger partial charge in [-0.3, -0.25) is 4.79 Å². The third-order valence-electron chi connectivity index (χ3n) is 4.70. The van der Waals surface area contributed by atoms with Crippen molar-refractivity contribution in [3.63, 3.8) is 0 Å². The minimum Gasteiger partial charge on any atom is -0.379 e. The van der Waals surface area contributed by atoms with Gasteiger partial charge in [0, 0.05) is 41.3 Å². The molecule has 0 spiro atoms. The predicted molar refractivity (Wildman–Crippen MR) is 109 cm³/mol. The fourth-order valence-electron chi connectivity index (χ4n) is 3.16. The van der Waals surface area contributed by atoms with Crippen LogP contribution in [0.2, 0.25) is 0 Å². The molecular formula is C20H20N4O4S. The van der Waals surface area contributed by atoms with Crippen LogP contribution in [0, 0.1) is 0 Å². The van der Waals surface area contributed by atoms with Crippen molar-refractivity contribution in [2.75, 3.05) is 26.3 Å². The molecule has 29 heavy (non-hydrogen) atoms. The Balaban J connectivity index is 1.48. The number of hydrazone groups is 1. The number of nitrogens with zero attached hydrogens (tertiary/aromatic N) is 2. The summed E-state index contributed by atoms with van der Waals surface area (Å²) in [5.41, 5.74) is 4.48. The number of fused-ring (bicyclic) bond motifs is 1. The van der Waals surface area contributed by atoms with Gasteiger partial charge in [-0.2, -0.15) is 9.41 Å². The van der Waals surface area contributed by atoms with Gasteiger partial charge in [-0.1, -0.05) is 24.3 Å². The van der Waals surface area contributed by atoms with E-state index < -0.39 is 15.9 Å². The van der Waals surface area contributed by atoms with Crippen molar-refractivity contribution in [1.29, 1.82) is 0 Å². The summed E-state index contributed by atoms with van der Waals surface area (Å²) in [6, 6.07) is 13.7. The number of amides is 1. The number of sulfonamides is 1. The maximum Gasteiger partial charge on any atom is 0.271 e. The second-order valence-corrected chi connectivity index (χ2v) is 8.47. The van der Waals surface area contributed by atoms with E-state index in [-0.39, 0.29) is 10.5 Å². The van der Waals surface area contributed by atoms with Crippen LogP contribution in [0.1, 0.15) is 15.9 Å². The molecule has 9 heteroatoms. The van der Waals surface area contributed by atoms with Crippen LogP contribution >= 0.6 is 0 Å². The zero-order chi connectivity index (χ0) is 20.3. The predicted octanol–water partition coefficient (Wildman–Crippen LogP) is 1.95. The number of hydrogen-bond acceptors (Lipinski definition) is 5. The number of carbonyl (C=O) groups excluding carboxylic acids is 1. The Morgan fingerprint density at radius 1 is 1.14 bits per heavy atom. The number of para-hydroxylation sites is 1. The number of aromatic nitrogens is 1. The van der Waals surface area contributed by atoms with E-state index in [9.17, 15) is 13.2 Å². The van der Waals surface area contributed by atoms with E-state index in [1.54, 1.807) is 24.5 Å². The minimum atomic E-state index is -3.67. The van der Waals surface area contributed by atoms with Crippen molar-refractivity contribution in [2.45, 2.75) is 4.90 Å². The maximum absolute atomic E-state index is 12.8. The molecule has 1 fully saturated rings. The molecule has 1 aliphatic heterocycles. The Morgan fingerprint density at radius 2 is 1.93 bits per heavy atom. The first-order valence-electron chi connectivity index (χ1n) is 9.13. The second kappa shape index (κ2) is 8.16. The number of rotatable bonds is 5. The monoisotopic (exact) mass is 412 g/mol. The lowest BCUT2D eigenvalue weighted by Gasteiger charge is -2.26. The van der Waals surface area contributed by atoms with E-state index >= 15 is 0 Å². The first kappa shape index (κ1) is 19.3. The van der Waals surface area contributed by atoms with E-state index in [2.05, 4.69) is 15.5 Å². The van der Waals surface area contributed by atoms with Gasteiger partial charge in [0.15, 0.2) is 0 Å². The minimum absolute atomic E-state index is 0.0765. The molecular weight excluding hydrogens is 392 g/mol. The van der Waals surface area contributed by atoms with Gasteiger partial charge in [0.1, 0.15) is 0 Å². The van der Waals surface area contributed by atoms with Crippen LogP contribution < -0.4 is 5.43 Å². The van der Waals surface area contributed by atoms with E-state index in [0.717, 1.165) is 16.5 Å². The van der Waals surface area contributed by atoms with E-state index in [4.69, 9.17) is 4.74 Å². The molecule has 0 radical (unpaired) electrons. The molecule has 1 aliphatic rings. The van der Waals surface area contributed by atoms with Gasteiger partial charge >= 0.3 is 0 Å². The highest BCUT2D eigenvalue weighted by Gasteiger charge is 2.26. The second-order valence-electron chi connectivity index (χ2n) is 6.53. The zero-order valence-electron chi connectivity index (χ0n) is 15.5. The maximum atomic E-state index is 12.8. The molecule has 150 valence electrons. The molecule has 0 unspecified atom stereocenters. The number of carbonyl (C=O) groups is 1. The molecule has 2 heterocycles. The van der Waals surface area contributed by atoms with Gasteiger partial charge in [-0.15, -0.1) is 0 Å². The molecule has 0 bridgehead atoms. The van der Waals surface area contributed by atoms with Crippen LogP contribution in [0.3, 0.4) is 0 Å². The van der Waals surface area contributed by atoms with Crippen LogP contribution in [-0.4, -0.2) is 56.1 Å². The topological polar surface area (TPSA) is 104 Å². The highest BCUT2D eigenvalue weighted by atomic mass is 32.2. The lowest BCUT2D eigenvalue weighted by atomic mass is 10.2. The quantitative estimate of drug-likeness (QED) is 0.494. The normalized spacial score (nSPS) is 15.7. The van der Waals surface area contributed by atoms with Gasteiger partial charge in [0.05, 0.1) is 24.3 Å². The molecule has 4 rings (SSSR count). The van der Waals surface area contributed by atoms with E-state index in [1.165, 1.54) is 16.4 Å². The van der Waals surface area contributed by atoms with Crippen LogP contribution in [0.4, 0.5) is 0 Å². The molecule has 8 nitrogen and oxygen atoms in total.